The zero-order valence-corrected chi connectivity index (χ0v) is 17.4. The van der Waals surface area contributed by atoms with Crippen LogP contribution in [-0.2, 0) is 18.0 Å². The van der Waals surface area contributed by atoms with E-state index in [4.69, 9.17) is 23.5 Å². The highest BCUT2D eigenvalue weighted by Gasteiger charge is 2.18. The molecule has 0 bridgehead atoms. The van der Waals surface area contributed by atoms with Gasteiger partial charge in [-0.05, 0) is 44.2 Å². The lowest BCUT2D eigenvalue weighted by Gasteiger charge is -2.10. The van der Waals surface area contributed by atoms with Gasteiger partial charge in [0.05, 0.1) is 16.8 Å². The molecule has 0 aliphatic carbocycles. The van der Waals surface area contributed by atoms with Crippen molar-refractivity contribution < 1.29 is 28.3 Å². The Morgan fingerprint density at radius 3 is 2.69 bits per heavy atom. The maximum Gasteiger partial charge on any atom is 0.338 e. The molecule has 0 saturated carbocycles. The molecule has 0 amide bonds. The van der Waals surface area contributed by atoms with Gasteiger partial charge in [0.25, 0.3) is 0 Å². The molecular weight excluding hydrogens is 442 g/mol. The van der Waals surface area contributed by atoms with Crippen molar-refractivity contribution in [3.05, 3.63) is 69.0 Å². The third-order valence-corrected chi connectivity index (χ3v) is 5.27. The van der Waals surface area contributed by atoms with E-state index in [1.54, 1.807) is 36.4 Å². The number of halogens is 1. The highest BCUT2D eigenvalue weighted by atomic mass is 79.9. The van der Waals surface area contributed by atoms with Gasteiger partial charge in [0.1, 0.15) is 24.7 Å². The first-order valence-corrected chi connectivity index (χ1v) is 9.70. The van der Waals surface area contributed by atoms with Crippen molar-refractivity contribution in [3.63, 3.8) is 0 Å². The van der Waals surface area contributed by atoms with Crippen molar-refractivity contribution in [3.8, 4) is 17.2 Å². The molecule has 0 unspecified atom stereocenters. The molecule has 0 atom stereocenters. The van der Waals surface area contributed by atoms with E-state index < -0.39 is 5.97 Å². The third-order valence-electron chi connectivity index (χ3n) is 4.53. The number of ether oxygens (including phenoxy) is 4. The normalized spacial score (nSPS) is 12.1. The SMILES string of the molecule is Cc1noc(C)c1COc1cccc(C(=O)OCc2cc3c(cc2Br)OCO3)c1. The van der Waals surface area contributed by atoms with Crippen LogP contribution in [0.1, 0.15) is 32.9 Å². The van der Waals surface area contributed by atoms with Crippen LogP contribution in [0, 0.1) is 13.8 Å². The van der Waals surface area contributed by atoms with Crippen molar-refractivity contribution in [2.75, 3.05) is 6.79 Å². The highest BCUT2D eigenvalue weighted by molar-refractivity contribution is 9.10. The second-order valence-electron chi connectivity index (χ2n) is 6.49. The summed E-state index contributed by atoms with van der Waals surface area (Å²) < 4.78 is 27.8. The monoisotopic (exact) mass is 459 g/mol. The third kappa shape index (κ3) is 4.22. The summed E-state index contributed by atoms with van der Waals surface area (Å²) in [4.78, 5) is 12.5. The van der Waals surface area contributed by atoms with Gasteiger partial charge < -0.3 is 23.5 Å². The second-order valence-corrected chi connectivity index (χ2v) is 7.35. The first-order valence-electron chi connectivity index (χ1n) is 8.91. The van der Waals surface area contributed by atoms with Crippen LogP contribution in [0.4, 0.5) is 0 Å². The number of benzene rings is 2. The number of rotatable bonds is 6. The Morgan fingerprint density at radius 1 is 1.14 bits per heavy atom. The number of esters is 1. The number of carbonyl (C=O) groups is 1. The van der Waals surface area contributed by atoms with Crippen LogP contribution in [0.15, 0.2) is 45.4 Å². The van der Waals surface area contributed by atoms with E-state index in [1.807, 2.05) is 13.8 Å². The average Bonchev–Trinajstić information content (AvgIpc) is 3.30. The molecule has 2 heterocycles. The number of hydrogen-bond donors (Lipinski definition) is 0. The van der Waals surface area contributed by atoms with Gasteiger partial charge in [-0.3, -0.25) is 0 Å². The minimum Gasteiger partial charge on any atom is -0.489 e. The van der Waals surface area contributed by atoms with E-state index >= 15 is 0 Å². The van der Waals surface area contributed by atoms with Crippen LogP contribution >= 0.6 is 15.9 Å². The van der Waals surface area contributed by atoms with E-state index in [9.17, 15) is 4.79 Å². The number of nitrogens with zero attached hydrogens (tertiary/aromatic N) is 1. The molecule has 7 nitrogen and oxygen atoms in total. The fourth-order valence-electron chi connectivity index (χ4n) is 2.87. The zero-order chi connectivity index (χ0) is 20.4. The summed E-state index contributed by atoms with van der Waals surface area (Å²) in [6.07, 6.45) is 0. The number of aromatic nitrogens is 1. The van der Waals surface area contributed by atoms with E-state index in [2.05, 4.69) is 21.1 Å². The maximum atomic E-state index is 12.5. The van der Waals surface area contributed by atoms with E-state index in [0.29, 0.717) is 35.2 Å². The summed E-state index contributed by atoms with van der Waals surface area (Å²) >= 11 is 3.46. The molecule has 0 saturated heterocycles. The number of fused-ring (bicyclic) bond motifs is 1. The molecule has 150 valence electrons. The lowest BCUT2D eigenvalue weighted by atomic mass is 10.2. The van der Waals surface area contributed by atoms with Crippen molar-refractivity contribution in [1.29, 1.82) is 0 Å². The topological polar surface area (TPSA) is 80.0 Å². The first kappa shape index (κ1) is 19.3. The maximum absolute atomic E-state index is 12.5. The van der Waals surface area contributed by atoms with Crippen LogP contribution in [0.5, 0.6) is 17.2 Å². The van der Waals surface area contributed by atoms with Gasteiger partial charge in [-0.25, -0.2) is 4.79 Å². The van der Waals surface area contributed by atoms with Crippen molar-refractivity contribution in [1.82, 2.24) is 5.16 Å². The van der Waals surface area contributed by atoms with Gasteiger partial charge in [0.15, 0.2) is 11.5 Å². The number of aryl methyl sites for hydroxylation is 2. The minimum atomic E-state index is -0.447. The van der Waals surface area contributed by atoms with Gasteiger partial charge in [-0.1, -0.05) is 27.2 Å². The van der Waals surface area contributed by atoms with Gasteiger partial charge in [-0.15, -0.1) is 0 Å². The summed E-state index contributed by atoms with van der Waals surface area (Å²) in [7, 11) is 0. The Bertz CT molecular complexity index is 1040. The van der Waals surface area contributed by atoms with Gasteiger partial charge in [-0.2, -0.15) is 0 Å². The summed E-state index contributed by atoms with van der Waals surface area (Å²) in [5.74, 6) is 2.12. The van der Waals surface area contributed by atoms with Crippen LogP contribution in [0.3, 0.4) is 0 Å². The molecule has 3 aromatic rings. The van der Waals surface area contributed by atoms with Gasteiger partial charge in [0.2, 0.25) is 6.79 Å². The van der Waals surface area contributed by atoms with Crippen LogP contribution in [0.2, 0.25) is 0 Å². The average molecular weight is 460 g/mol. The van der Waals surface area contributed by atoms with Crippen molar-refractivity contribution in [2.45, 2.75) is 27.1 Å². The standard InChI is InChI=1S/C21H18BrNO6/c1-12-17(13(2)29-23-12)10-25-16-5-3-4-14(6-16)21(24)26-9-15-7-19-20(8-18(15)22)28-11-27-19/h3-8H,9-11H2,1-2H3. The molecule has 2 aromatic carbocycles. The second kappa shape index (κ2) is 8.16. The Balaban J connectivity index is 1.40. The largest absolute Gasteiger partial charge is 0.489 e. The van der Waals surface area contributed by atoms with Crippen molar-refractivity contribution >= 4 is 21.9 Å². The Hall–Kier alpha value is -3.00. The molecule has 0 radical (unpaired) electrons. The van der Waals surface area contributed by atoms with Crippen LogP contribution in [-0.4, -0.2) is 17.9 Å². The molecule has 0 fully saturated rings. The van der Waals surface area contributed by atoms with Crippen LogP contribution < -0.4 is 14.2 Å². The summed E-state index contributed by atoms with van der Waals surface area (Å²) in [6, 6.07) is 10.5. The Morgan fingerprint density at radius 2 is 1.93 bits per heavy atom. The molecule has 0 spiro atoms. The molecule has 1 aliphatic rings. The zero-order valence-electron chi connectivity index (χ0n) is 15.9. The van der Waals surface area contributed by atoms with E-state index in [0.717, 1.165) is 21.3 Å². The molecule has 1 aliphatic heterocycles. The lowest BCUT2D eigenvalue weighted by Crippen LogP contribution is -2.06. The quantitative estimate of drug-likeness (QED) is 0.493. The predicted molar refractivity (Wildman–Crippen MR) is 106 cm³/mol. The molecule has 1 aromatic heterocycles. The van der Waals surface area contributed by atoms with Crippen LogP contribution in [0.25, 0.3) is 0 Å². The summed E-state index contributed by atoms with van der Waals surface area (Å²) in [5.41, 5.74) is 2.87. The summed E-state index contributed by atoms with van der Waals surface area (Å²) in [6.45, 7) is 4.29. The Kier molecular flexibility index (Phi) is 5.44. The Labute approximate surface area is 175 Å². The smallest absolute Gasteiger partial charge is 0.338 e. The van der Waals surface area contributed by atoms with Crippen molar-refractivity contribution in [2.24, 2.45) is 0 Å². The lowest BCUT2D eigenvalue weighted by molar-refractivity contribution is 0.0471. The molecule has 0 N–H and O–H groups in total. The minimum absolute atomic E-state index is 0.0974. The predicted octanol–water partition coefficient (Wildman–Crippen LogP) is 4.72. The summed E-state index contributed by atoms with van der Waals surface area (Å²) in [5, 5.41) is 3.91. The van der Waals surface area contributed by atoms with Gasteiger partial charge in [0, 0.05) is 10.0 Å². The van der Waals surface area contributed by atoms with E-state index in [-0.39, 0.29) is 13.4 Å². The number of hydrogen-bond acceptors (Lipinski definition) is 7. The van der Waals surface area contributed by atoms with E-state index in [1.165, 1.54) is 0 Å². The highest BCUT2D eigenvalue weighted by Crippen LogP contribution is 2.37. The number of carbonyl (C=O) groups excluding carboxylic acids is 1. The van der Waals surface area contributed by atoms with Gasteiger partial charge >= 0.3 is 5.97 Å². The fraction of sp³-hybridized carbons (Fsp3) is 0.238. The molecule has 29 heavy (non-hydrogen) atoms. The molecule has 8 heteroatoms. The molecular formula is C21H18BrNO6. The molecule has 4 rings (SSSR count). The fourth-order valence-corrected chi connectivity index (χ4v) is 3.31. The first-order chi connectivity index (χ1) is 14.0.